The largest absolute Gasteiger partial charge is 0.477 e. The quantitative estimate of drug-likeness (QED) is 0.773. The van der Waals surface area contributed by atoms with Gasteiger partial charge in [0.15, 0.2) is 10.6 Å². The van der Waals surface area contributed by atoms with Crippen molar-refractivity contribution in [3.8, 4) is 5.88 Å². The van der Waals surface area contributed by atoms with E-state index in [1.54, 1.807) is 0 Å². The van der Waals surface area contributed by atoms with Crippen molar-refractivity contribution in [2.45, 2.75) is 17.9 Å². The van der Waals surface area contributed by atoms with Gasteiger partial charge in [-0.3, -0.25) is 0 Å². The number of fused-ring (bicyclic) bond motifs is 1. The van der Waals surface area contributed by atoms with Gasteiger partial charge in [0, 0.05) is 23.6 Å². The molecule has 0 fully saturated rings. The molecule has 1 aliphatic rings. The first-order valence-electron chi connectivity index (χ1n) is 4.33. The molecule has 1 aromatic heterocycles. The summed E-state index contributed by atoms with van der Waals surface area (Å²) in [4.78, 5) is 10.3. The molecule has 0 saturated carbocycles. The summed E-state index contributed by atoms with van der Waals surface area (Å²) >= 11 is 0. The summed E-state index contributed by atoms with van der Waals surface area (Å²) in [6.07, 6.45) is 0.634. The Morgan fingerprint density at radius 2 is 2.25 bits per heavy atom. The van der Waals surface area contributed by atoms with E-state index in [-0.39, 0.29) is 5.88 Å². The lowest BCUT2D eigenvalue weighted by Crippen LogP contribution is -2.15. The van der Waals surface area contributed by atoms with Crippen molar-refractivity contribution in [2.24, 2.45) is 0 Å². The highest BCUT2D eigenvalue weighted by atomic mass is 35.7. The number of aromatic nitrogens is 2. The van der Waals surface area contributed by atoms with Gasteiger partial charge >= 0.3 is 5.97 Å². The fraction of sp³-hybridized carbons (Fsp3) is 0.429. The monoisotopic (exact) mass is 266 g/mol. The fourth-order valence-electron chi connectivity index (χ4n) is 1.46. The van der Waals surface area contributed by atoms with E-state index in [0.29, 0.717) is 19.6 Å². The van der Waals surface area contributed by atoms with Gasteiger partial charge < -0.3 is 9.84 Å². The van der Waals surface area contributed by atoms with Gasteiger partial charge in [-0.2, -0.15) is 5.10 Å². The lowest BCUT2D eigenvalue weighted by atomic mass is 10.4. The predicted molar refractivity (Wildman–Crippen MR) is 52.3 cm³/mol. The molecule has 0 spiro atoms. The van der Waals surface area contributed by atoms with E-state index in [1.165, 1.54) is 4.68 Å². The van der Waals surface area contributed by atoms with Crippen LogP contribution in [0.15, 0.2) is 4.90 Å². The van der Waals surface area contributed by atoms with E-state index in [4.69, 9.17) is 20.5 Å². The van der Waals surface area contributed by atoms with Crippen molar-refractivity contribution in [1.82, 2.24) is 9.78 Å². The number of hydrogen-bond donors (Lipinski definition) is 1. The molecule has 16 heavy (non-hydrogen) atoms. The smallest absolute Gasteiger partial charge is 0.357 e. The molecule has 2 heterocycles. The van der Waals surface area contributed by atoms with Crippen LogP contribution < -0.4 is 4.74 Å². The van der Waals surface area contributed by atoms with Gasteiger partial charge in [0.2, 0.25) is 5.88 Å². The minimum Gasteiger partial charge on any atom is -0.477 e. The van der Waals surface area contributed by atoms with Crippen LogP contribution in [-0.4, -0.2) is 35.9 Å². The lowest BCUT2D eigenvalue weighted by Gasteiger charge is -2.14. The Balaban J connectivity index is 2.72. The average Bonchev–Trinajstić information content (AvgIpc) is 2.55. The minimum absolute atomic E-state index is 0.0985. The van der Waals surface area contributed by atoms with Gasteiger partial charge in [0.25, 0.3) is 9.05 Å². The third-order valence-corrected chi connectivity index (χ3v) is 3.38. The second-order valence-electron chi connectivity index (χ2n) is 3.15. The van der Waals surface area contributed by atoms with Crippen LogP contribution in [0.25, 0.3) is 0 Å². The molecule has 7 nitrogen and oxygen atoms in total. The van der Waals surface area contributed by atoms with Crippen LogP contribution >= 0.6 is 10.7 Å². The Morgan fingerprint density at radius 1 is 1.56 bits per heavy atom. The summed E-state index contributed by atoms with van der Waals surface area (Å²) in [5.74, 6) is -1.55. The van der Waals surface area contributed by atoms with E-state index in [1.807, 2.05) is 0 Å². The summed E-state index contributed by atoms with van der Waals surface area (Å²) in [7, 11) is 0.968. The van der Waals surface area contributed by atoms with Crippen LogP contribution in [0.1, 0.15) is 16.9 Å². The predicted octanol–water partition coefficient (Wildman–Crippen LogP) is 0.291. The van der Waals surface area contributed by atoms with Crippen molar-refractivity contribution in [3.05, 3.63) is 5.69 Å². The summed E-state index contributed by atoms with van der Waals surface area (Å²) in [5.41, 5.74) is -0.605. The number of carboxylic acids is 1. The van der Waals surface area contributed by atoms with Crippen molar-refractivity contribution in [1.29, 1.82) is 0 Å². The molecule has 1 aliphatic heterocycles. The normalized spacial score (nSPS) is 15.3. The van der Waals surface area contributed by atoms with E-state index < -0.39 is 25.6 Å². The number of halogens is 1. The van der Waals surface area contributed by atoms with Crippen molar-refractivity contribution in [3.63, 3.8) is 0 Å². The van der Waals surface area contributed by atoms with Gasteiger partial charge in [-0.15, -0.1) is 0 Å². The molecule has 0 aromatic carbocycles. The molecule has 88 valence electrons. The van der Waals surface area contributed by atoms with E-state index >= 15 is 0 Å². The first kappa shape index (κ1) is 11.2. The third-order valence-electron chi connectivity index (χ3n) is 2.06. The molecule has 0 unspecified atom stereocenters. The highest BCUT2D eigenvalue weighted by molar-refractivity contribution is 8.13. The first-order valence-corrected chi connectivity index (χ1v) is 6.64. The maximum atomic E-state index is 11.3. The van der Waals surface area contributed by atoms with E-state index in [9.17, 15) is 13.2 Å². The summed E-state index contributed by atoms with van der Waals surface area (Å²) in [6, 6.07) is 0. The number of aryl methyl sites for hydroxylation is 1. The number of nitrogens with zero attached hydrogens (tertiary/aromatic N) is 2. The number of aromatic carboxylic acids is 1. The van der Waals surface area contributed by atoms with Crippen LogP contribution in [0.4, 0.5) is 0 Å². The molecular formula is C7H7ClN2O5S. The Labute approximate surface area is 95.0 Å². The Morgan fingerprint density at radius 3 is 2.81 bits per heavy atom. The highest BCUT2D eigenvalue weighted by Gasteiger charge is 2.33. The molecule has 0 aliphatic carbocycles. The maximum absolute atomic E-state index is 11.3. The second kappa shape index (κ2) is 3.63. The maximum Gasteiger partial charge on any atom is 0.357 e. The molecule has 1 N–H and O–H groups in total. The number of hydrogen-bond acceptors (Lipinski definition) is 5. The van der Waals surface area contributed by atoms with Gasteiger partial charge in [0.05, 0.1) is 6.61 Å². The Bertz CT molecular complexity index is 549. The van der Waals surface area contributed by atoms with E-state index in [0.717, 1.165) is 0 Å². The van der Waals surface area contributed by atoms with Crippen LogP contribution in [0.5, 0.6) is 5.88 Å². The Hall–Kier alpha value is -1.28. The lowest BCUT2D eigenvalue weighted by molar-refractivity contribution is 0.0685. The minimum atomic E-state index is -4.19. The number of carbonyl (C=O) groups is 1. The molecule has 0 radical (unpaired) electrons. The molecule has 2 rings (SSSR count). The zero-order chi connectivity index (χ0) is 11.9. The number of carboxylic acid groups (broad SMARTS) is 1. The molecule has 0 saturated heterocycles. The van der Waals surface area contributed by atoms with Crippen LogP contribution in [0.2, 0.25) is 0 Å². The van der Waals surface area contributed by atoms with E-state index in [2.05, 4.69) is 5.10 Å². The van der Waals surface area contributed by atoms with Crippen molar-refractivity contribution in [2.75, 3.05) is 6.61 Å². The second-order valence-corrected chi connectivity index (χ2v) is 5.65. The van der Waals surface area contributed by atoms with Crippen molar-refractivity contribution >= 4 is 25.7 Å². The average molecular weight is 267 g/mol. The number of ether oxygens (including phenoxy) is 1. The fourth-order valence-corrected chi connectivity index (χ4v) is 2.61. The standard InChI is InChI=1S/C7H7ClN2O5S/c8-16(13,14)5-4(7(11)12)9-10-2-1-3-15-6(5)10/h1-3H2,(H,11,12). The third kappa shape index (κ3) is 1.74. The van der Waals surface area contributed by atoms with Crippen LogP contribution in [0.3, 0.4) is 0 Å². The summed E-state index contributed by atoms with van der Waals surface area (Å²) < 4.78 is 28.8. The first-order chi connectivity index (χ1) is 7.41. The molecule has 0 atom stereocenters. The SMILES string of the molecule is O=C(O)c1nn2c(c1S(=O)(=O)Cl)OCCC2. The molecule has 0 amide bonds. The topological polar surface area (TPSA) is 98.5 Å². The zero-order valence-electron chi connectivity index (χ0n) is 7.88. The van der Waals surface area contributed by atoms with Gasteiger partial charge in [0.1, 0.15) is 0 Å². The van der Waals surface area contributed by atoms with Crippen LogP contribution in [-0.2, 0) is 15.6 Å². The highest BCUT2D eigenvalue weighted by Crippen LogP contribution is 2.32. The van der Waals surface area contributed by atoms with Gasteiger partial charge in [-0.1, -0.05) is 0 Å². The molecule has 0 bridgehead atoms. The van der Waals surface area contributed by atoms with Gasteiger partial charge in [-0.25, -0.2) is 17.9 Å². The van der Waals surface area contributed by atoms with Gasteiger partial charge in [-0.05, 0) is 0 Å². The molecule has 9 heteroatoms. The molecular weight excluding hydrogens is 260 g/mol. The van der Waals surface area contributed by atoms with Crippen LogP contribution in [0, 0.1) is 0 Å². The molecule has 1 aromatic rings. The summed E-state index contributed by atoms with van der Waals surface area (Å²) in [5, 5.41) is 12.5. The Kier molecular flexibility index (Phi) is 2.55. The van der Waals surface area contributed by atoms with Crippen molar-refractivity contribution < 1.29 is 23.1 Å². The number of rotatable bonds is 2. The zero-order valence-corrected chi connectivity index (χ0v) is 9.45. The summed E-state index contributed by atoms with van der Waals surface area (Å²) in [6.45, 7) is 0.714.